The van der Waals surface area contributed by atoms with Gasteiger partial charge in [-0.15, -0.1) is 0 Å². The third-order valence-corrected chi connectivity index (χ3v) is 8.40. The van der Waals surface area contributed by atoms with Crippen LogP contribution >= 0.6 is 0 Å². The first-order chi connectivity index (χ1) is 20.5. The van der Waals surface area contributed by atoms with E-state index in [1.807, 2.05) is 11.9 Å². The number of hydrogen-bond donors (Lipinski definition) is 0. The van der Waals surface area contributed by atoms with E-state index in [2.05, 4.69) is 34.4 Å². The number of rotatable bonds is 7. The lowest BCUT2D eigenvalue weighted by molar-refractivity contribution is -0.139. The largest absolute Gasteiger partial charge is 0.462 e. The molecule has 5 heterocycles. The Kier molecular flexibility index (Phi) is 8.73. The second-order valence-electron chi connectivity index (χ2n) is 11.4. The van der Waals surface area contributed by atoms with Crippen LogP contribution in [-0.2, 0) is 23.9 Å². The van der Waals surface area contributed by atoms with Crippen molar-refractivity contribution >= 4 is 17.4 Å². The van der Waals surface area contributed by atoms with E-state index in [0.29, 0.717) is 49.9 Å². The van der Waals surface area contributed by atoms with Crippen LogP contribution in [0.15, 0.2) is 25.0 Å². The zero-order valence-corrected chi connectivity index (χ0v) is 24.1. The number of piperazine rings is 1. The predicted octanol–water partition coefficient (Wildman–Crippen LogP) is 3.43. The summed E-state index contributed by atoms with van der Waals surface area (Å²) in [4.78, 5) is 32.8. The van der Waals surface area contributed by atoms with Crippen molar-refractivity contribution in [3.05, 3.63) is 47.7 Å². The van der Waals surface area contributed by atoms with Gasteiger partial charge in [0.05, 0.1) is 48.9 Å². The highest BCUT2D eigenvalue weighted by Crippen LogP contribution is 2.40. The van der Waals surface area contributed by atoms with Crippen molar-refractivity contribution in [1.82, 2.24) is 24.8 Å². The predicted molar refractivity (Wildman–Crippen MR) is 150 cm³/mol. The van der Waals surface area contributed by atoms with Crippen molar-refractivity contribution in [2.45, 2.75) is 51.0 Å². The lowest BCUT2D eigenvalue weighted by Gasteiger charge is -2.42. The zero-order chi connectivity index (χ0) is 30.9. The van der Waals surface area contributed by atoms with Gasteiger partial charge in [-0.2, -0.15) is 28.4 Å². The van der Waals surface area contributed by atoms with Crippen LogP contribution in [0.1, 0.15) is 36.6 Å². The Bertz CT molecular complexity index is 1410. The quantitative estimate of drug-likeness (QED) is 0.349. The highest BCUT2D eigenvalue weighted by atomic mass is 19.4. The smallest absolute Gasteiger partial charge is 0.421 e. The first kappa shape index (κ1) is 30.5. The minimum absolute atomic E-state index is 0.0354. The Morgan fingerprint density at radius 2 is 1.98 bits per heavy atom. The fourth-order valence-corrected chi connectivity index (χ4v) is 6.33. The molecule has 2 fully saturated rings. The fourth-order valence-electron chi connectivity index (χ4n) is 6.33. The van der Waals surface area contributed by atoms with E-state index in [1.54, 1.807) is 4.90 Å². The number of aromatic nitrogens is 3. The average Bonchev–Trinajstić information content (AvgIpc) is 3.30. The molecule has 0 aliphatic carbocycles. The Labute approximate surface area is 247 Å². The molecule has 10 nitrogen and oxygen atoms in total. The van der Waals surface area contributed by atoms with Gasteiger partial charge in [-0.25, -0.2) is 4.39 Å². The van der Waals surface area contributed by atoms with Gasteiger partial charge < -0.3 is 19.4 Å². The molecular weight excluding hydrogens is 568 g/mol. The topological polar surface area (TPSA) is 102 Å². The number of alkyl halides is 3. The molecule has 2 aromatic rings. The average molecular weight is 603 g/mol. The van der Waals surface area contributed by atoms with Crippen molar-refractivity contribution < 1.29 is 27.1 Å². The van der Waals surface area contributed by atoms with Crippen LogP contribution in [0.2, 0.25) is 0 Å². The number of amides is 1. The third kappa shape index (κ3) is 6.36. The van der Waals surface area contributed by atoms with Crippen molar-refractivity contribution in [1.29, 1.82) is 5.26 Å². The first-order valence-corrected chi connectivity index (χ1v) is 14.2. The molecule has 3 aliphatic heterocycles. The number of anilines is 2. The Balaban J connectivity index is 1.49. The molecule has 0 N–H and O–H groups in total. The van der Waals surface area contributed by atoms with Crippen LogP contribution in [-0.4, -0.2) is 89.1 Å². The van der Waals surface area contributed by atoms with E-state index < -0.39 is 23.6 Å². The molecule has 5 rings (SSSR count). The van der Waals surface area contributed by atoms with Crippen molar-refractivity contribution in [3.63, 3.8) is 0 Å². The number of ether oxygens (including phenoxy) is 1. The zero-order valence-electron chi connectivity index (χ0n) is 24.1. The van der Waals surface area contributed by atoms with E-state index in [4.69, 9.17) is 9.72 Å². The number of fused-ring (bicyclic) bond motifs is 1. The van der Waals surface area contributed by atoms with Crippen LogP contribution in [0.25, 0.3) is 0 Å². The first-order valence-electron chi connectivity index (χ1n) is 14.2. The summed E-state index contributed by atoms with van der Waals surface area (Å²) in [5, 5.41) is 9.43. The van der Waals surface area contributed by atoms with E-state index in [-0.39, 0.29) is 49.6 Å². The molecule has 43 heavy (non-hydrogen) atoms. The molecule has 230 valence electrons. The van der Waals surface area contributed by atoms with Gasteiger partial charge in [-0.05, 0) is 31.9 Å². The van der Waals surface area contributed by atoms with Crippen LogP contribution in [0.4, 0.5) is 29.1 Å². The van der Waals surface area contributed by atoms with Crippen LogP contribution < -0.4 is 14.5 Å². The molecule has 14 heteroatoms. The number of pyridine rings is 1. The highest BCUT2D eigenvalue weighted by Gasteiger charge is 2.40. The van der Waals surface area contributed by atoms with Gasteiger partial charge >= 0.3 is 12.2 Å². The van der Waals surface area contributed by atoms with Crippen molar-refractivity contribution in [2.24, 2.45) is 5.92 Å². The summed E-state index contributed by atoms with van der Waals surface area (Å²) in [6, 6.07) is 2.00. The van der Waals surface area contributed by atoms with Gasteiger partial charge in [0.15, 0.2) is 5.82 Å². The number of nitrogens with zero attached hydrogens (tertiary/aromatic N) is 8. The maximum Gasteiger partial charge on any atom is 0.421 e. The van der Waals surface area contributed by atoms with Crippen LogP contribution in [0.5, 0.6) is 6.01 Å². The number of likely N-dealkylation sites (N-methyl/N-ethyl adjacent to an activating group) is 1. The third-order valence-electron chi connectivity index (χ3n) is 8.40. The second kappa shape index (κ2) is 12.3. The van der Waals surface area contributed by atoms with E-state index in [0.717, 1.165) is 24.7 Å². The molecule has 0 bridgehead atoms. The summed E-state index contributed by atoms with van der Waals surface area (Å²) in [6.45, 7) is 8.22. The second-order valence-corrected chi connectivity index (χ2v) is 11.4. The lowest BCUT2D eigenvalue weighted by atomic mass is 10.0. The van der Waals surface area contributed by atoms with Gasteiger partial charge in [0.1, 0.15) is 18.0 Å². The lowest BCUT2D eigenvalue weighted by Crippen LogP contribution is -2.55. The van der Waals surface area contributed by atoms with E-state index in [9.17, 15) is 27.6 Å². The number of likely N-dealkylation sites (tertiary alicyclic amines) is 1. The van der Waals surface area contributed by atoms with Gasteiger partial charge in [0.25, 0.3) is 0 Å². The summed E-state index contributed by atoms with van der Waals surface area (Å²) in [6.07, 6.45) is -0.748. The monoisotopic (exact) mass is 602 g/mol. The number of carbonyl (C=O) groups is 1. The summed E-state index contributed by atoms with van der Waals surface area (Å²) in [7, 11) is 2.03. The number of halogens is 4. The van der Waals surface area contributed by atoms with Crippen LogP contribution in [0.3, 0.4) is 0 Å². The fraction of sp³-hybridized carbons (Fsp3) is 0.552. The Morgan fingerprint density at radius 1 is 1.19 bits per heavy atom. The summed E-state index contributed by atoms with van der Waals surface area (Å²) < 4.78 is 62.0. The number of carbonyl (C=O) groups excluding carboxylic acids is 1. The van der Waals surface area contributed by atoms with Gasteiger partial charge in [0, 0.05) is 44.3 Å². The summed E-state index contributed by atoms with van der Waals surface area (Å²) in [5.41, 5.74) is -0.504. The Hall–Kier alpha value is -3.99. The number of hydrogen-bond acceptors (Lipinski definition) is 9. The van der Waals surface area contributed by atoms with Gasteiger partial charge in [-0.3, -0.25) is 14.7 Å². The molecule has 1 unspecified atom stereocenters. The molecule has 3 aliphatic rings. The molecule has 0 spiro atoms. The molecule has 2 aromatic heterocycles. The molecule has 0 saturated carbocycles. The van der Waals surface area contributed by atoms with Crippen molar-refractivity contribution in [3.8, 4) is 12.1 Å². The molecule has 0 aromatic carbocycles. The summed E-state index contributed by atoms with van der Waals surface area (Å²) >= 11 is 0. The molecule has 0 radical (unpaired) electrons. The molecule has 1 amide bonds. The van der Waals surface area contributed by atoms with Crippen molar-refractivity contribution in [2.75, 3.05) is 56.2 Å². The molecule has 3 atom stereocenters. The Morgan fingerprint density at radius 3 is 2.65 bits per heavy atom. The van der Waals surface area contributed by atoms with E-state index in [1.165, 1.54) is 11.0 Å². The highest BCUT2D eigenvalue weighted by molar-refractivity contribution is 5.87. The van der Waals surface area contributed by atoms with Gasteiger partial charge in [0.2, 0.25) is 5.91 Å². The maximum absolute atomic E-state index is 14.4. The molecule has 2 saturated heterocycles. The maximum atomic E-state index is 14.4. The minimum Gasteiger partial charge on any atom is -0.462 e. The number of nitriles is 1. The normalized spacial score (nSPS) is 22.7. The minimum atomic E-state index is -4.91. The van der Waals surface area contributed by atoms with E-state index >= 15 is 0 Å². The standard InChI is InChI=1S/C29H34F4N8O2/c1-4-25(42)41-10-9-40(15-19(41)5-7-34)27-21-6-8-39(24-13-35-12-22(30)26(24)29(31,32)33)16-23(21)36-28(37-27)43-17-20-11-18(2)14-38(20)3/h4,12-13,18-20H,1,5-6,8-11,14-17H2,2-3H3/t18-,19?,20+/m1/s1. The van der Waals surface area contributed by atoms with Gasteiger partial charge in [-0.1, -0.05) is 13.5 Å². The van der Waals surface area contributed by atoms with Crippen LogP contribution in [0, 0.1) is 23.1 Å². The summed E-state index contributed by atoms with van der Waals surface area (Å²) in [5.74, 6) is -0.617. The molecular formula is C29H34F4N8O2. The SMILES string of the molecule is C=CC(=O)N1CCN(c2nc(OC[C@@H]3C[C@@H](C)CN3C)nc3c2CCN(c2cncc(F)c2C(F)(F)F)C3)CC1CC#N.